The van der Waals surface area contributed by atoms with Crippen LogP contribution < -0.4 is 20.9 Å². The number of benzene rings is 1. The molecule has 9 heteroatoms. The van der Waals surface area contributed by atoms with Crippen LogP contribution in [0, 0.1) is 0 Å². The number of hydrogen-bond acceptors (Lipinski definition) is 5. The summed E-state index contributed by atoms with van der Waals surface area (Å²) in [5.41, 5.74) is 1.24. The summed E-state index contributed by atoms with van der Waals surface area (Å²) in [6.45, 7) is 9.49. The molecule has 0 spiro atoms. The lowest BCUT2D eigenvalue weighted by Gasteiger charge is -2.40. The van der Waals surface area contributed by atoms with Crippen molar-refractivity contribution in [1.82, 2.24) is 15.5 Å². The SMILES string of the molecule is CC(C)(CNC(=O)Nc1ccc(N2CCNC(=O)C2)c(Cl)c1)N1CCOCC1. The monoisotopic (exact) mass is 409 g/mol. The number of nitrogens with zero attached hydrogens (tertiary/aromatic N) is 2. The van der Waals surface area contributed by atoms with Crippen LogP contribution in [0.3, 0.4) is 0 Å². The van der Waals surface area contributed by atoms with Crippen molar-refractivity contribution in [2.24, 2.45) is 0 Å². The van der Waals surface area contributed by atoms with Crippen LogP contribution >= 0.6 is 11.6 Å². The fourth-order valence-electron chi connectivity index (χ4n) is 3.44. The molecule has 0 atom stereocenters. The Morgan fingerprint density at radius 1 is 1.29 bits per heavy atom. The molecule has 154 valence electrons. The average Bonchev–Trinajstić information content (AvgIpc) is 2.67. The number of anilines is 2. The lowest BCUT2D eigenvalue weighted by molar-refractivity contribution is -0.120. The summed E-state index contributed by atoms with van der Waals surface area (Å²) >= 11 is 6.38. The highest BCUT2D eigenvalue weighted by Crippen LogP contribution is 2.29. The van der Waals surface area contributed by atoms with E-state index in [0.29, 0.717) is 30.3 Å². The van der Waals surface area contributed by atoms with Gasteiger partial charge < -0.3 is 25.6 Å². The van der Waals surface area contributed by atoms with E-state index >= 15 is 0 Å². The van der Waals surface area contributed by atoms with Gasteiger partial charge in [0.15, 0.2) is 0 Å². The molecular formula is C19H28ClN5O3. The van der Waals surface area contributed by atoms with E-state index in [4.69, 9.17) is 16.3 Å². The van der Waals surface area contributed by atoms with E-state index in [1.807, 2.05) is 11.0 Å². The smallest absolute Gasteiger partial charge is 0.319 e. The number of piperazine rings is 1. The number of halogens is 1. The highest BCUT2D eigenvalue weighted by molar-refractivity contribution is 6.33. The van der Waals surface area contributed by atoms with Crippen molar-refractivity contribution in [3.63, 3.8) is 0 Å². The van der Waals surface area contributed by atoms with Gasteiger partial charge in [0.1, 0.15) is 0 Å². The quantitative estimate of drug-likeness (QED) is 0.686. The predicted octanol–water partition coefficient (Wildman–Crippen LogP) is 1.51. The fourth-order valence-corrected chi connectivity index (χ4v) is 3.74. The number of urea groups is 1. The third-order valence-corrected chi connectivity index (χ3v) is 5.44. The predicted molar refractivity (Wildman–Crippen MR) is 110 cm³/mol. The first-order chi connectivity index (χ1) is 13.3. The van der Waals surface area contributed by atoms with Gasteiger partial charge in [0.2, 0.25) is 5.91 Å². The molecule has 3 amide bonds. The van der Waals surface area contributed by atoms with Gasteiger partial charge in [-0.3, -0.25) is 9.69 Å². The fraction of sp³-hybridized carbons (Fsp3) is 0.579. The highest BCUT2D eigenvalue weighted by Gasteiger charge is 2.28. The Morgan fingerprint density at radius 2 is 2.04 bits per heavy atom. The molecule has 1 aromatic carbocycles. The van der Waals surface area contributed by atoms with Crippen molar-refractivity contribution in [3.8, 4) is 0 Å². The van der Waals surface area contributed by atoms with Gasteiger partial charge in [-0.1, -0.05) is 11.6 Å². The Balaban J connectivity index is 1.53. The zero-order valence-electron chi connectivity index (χ0n) is 16.4. The van der Waals surface area contributed by atoms with Crippen molar-refractivity contribution >= 4 is 34.9 Å². The van der Waals surface area contributed by atoms with Gasteiger partial charge in [0.05, 0.1) is 30.5 Å². The van der Waals surface area contributed by atoms with Crippen LogP contribution in [0.4, 0.5) is 16.2 Å². The van der Waals surface area contributed by atoms with E-state index in [2.05, 4.69) is 34.7 Å². The van der Waals surface area contributed by atoms with Crippen LogP contribution in [-0.2, 0) is 9.53 Å². The van der Waals surface area contributed by atoms with Crippen molar-refractivity contribution in [2.75, 3.05) is 62.7 Å². The Kier molecular flexibility index (Phi) is 6.64. The van der Waals surface area contributed by atoms with Crippen molar-refractivity contribution in [2.45, 2.75) is 19.4 Å². The van der Waals surface area contributed by atoms with E-state index in [9.17, 15) is 9.59 Å². The second kappa shape index (κ2) is 8.98. The van der Waals surface area contributed by atoms with Crippen LogP contribution in [0.25, 0.3) is 0 Å². The number of carbonyl (C=O) groups excluding carboxylic acids is 2. The lowest BCUT2D eigenvalue weighted by Crippen LogP contribution is -2.55. The molecule has 2 saturated heterocycles. The molecule has 3 N–H and O–H groups in total. The van der Waals surface area contributed by atoms with E-state index < -0.39 is 0 Å². The third-order valence-electron chi connectivity index (χ3n) is 5.13. The number of morpholine rings is 1. The minimum Gasteiger partial charge on any atom is -0.379 e. The number of amides is 3. The summed E-state index contributed by atoms with van der Waals surface area (Å²) in [7, 11) is 0. The van der Waals surface area contributed by atoms with Gasteiger partial charge in [-0.25, -0.2) is 4.79 Å². The normalized spacial score (nSPS) is 18.5. The molecule has 0 unspecified atom stereocenters. The van der Waals surface area contributed by atoms with Gasteiger partial charge in [0, 0.05) is 44.0 Å². The van der Waals surface area contributed by atoms with Crippen LogP contribution in [0.2, 0.25) is 5.02 Å². The Labute approximate surface area is 170 Å². The van der Waals surface area contributed by atoms with Crippen molar-refractivity contribution < 1.29 is 14.3 Å². The molecule has 1 aromatic rings. The van der Waals surface area contributed by atoms with Gasteiger partial charge in [-0.05, 0) is 32.0 Å². The van der Waals surface area contributed by atoms with Gasteiger partial charge in [0.25, 0.3) is 0 Å². The van der Waals surface area contributed by atoms with E-state index in [1.54, 1.807) is 12.1 Å². The maximum absolute atomic E-state index is 12.3. The van der Waals surface area contributed by atoms with Crippen molar-refractivity contribution in [3.05, 3.63) is 23.2 Å². The summed E-state index contributed by atoms with van der Waals surface area (Å²) in [4.78, 5) is 28.1. The lowest BCUT2D eigenvalue weighted by atomic mass is 10.0. The number of rotatable bonds is 5. The first-order valence-electron chi connectivity index (χ1n) is 9.54. The highest BCUT2D eigenvalue weighted by atomic mass is 35.5. The van der Waals surface area contributed by atoms with Gasteiger partial charge >= 0.3 is 6.03 Å². The van der Waals surface area contributed by atoms with E-state index in [1.165, 1.54) is 0 Å². The molecule has 0 aromatic heterocycles. The summed E-state index contributed by atoms with van der Waals surface area (Å²) < 4.78 is 5.39. The molecule has 2 aliphatic rings. The number of nitrogens with one attached hydrogen (secondary N) is 3. The summed E-state index contributed by atoms with van der Waals surface area (Å²) in [6, 6.07) is 5.05. The zero-order valence-corrected chi connectivity index (χ0v) is 17.1. The van der Waals surface area contributed by atoms with E-state index in [-0.39, 0.29) is 24.0 Å². The summed E-state index contributed by atoms with van der Waals surface area (Å²) in [5, 5.41) is 9.04. The molecule has 0 aliphatic carbocycles. The standard InChI is InChI=1S/C19H28ClN5O3/c1-19(2,25-7-9-28-10-8-25)13-22-18(27)23-14-3-4-16(15(20)11-14)24-6-5-21-17(26)12-24/h3-4,11H,5-10,12-13H2,1-2H3,(H,21,26)(H2,22,23,27). The minimum atomic E-state index is -0.275. The second-order valence-electron chi connectivity index (χ2n) is 7.66. The molecule has 2 heterocycles. The molecule has 0 radical (unpaired) electrons. The van der Waals surface area contributed by atoms with Gasteiger partial charge in [-0.15, -0.1) is 0 Å². The maximum Gasteiger partial charge on any atom is 0.319 e. The minimum absolute atomic E-state index is 0.0215. The number of carbonyl (C=O) groups is 2. The molecule has 2 aliphatic heterocycles. The topological polar surface area (TPSA) is 85.9 Å². The van der Waals surface area contributed by atoms with Crippen LogP contribution in [0.15, 0.2) is 18.2 Å². The summed E-state index contributed by atoms with van der Waals surface area (Å²) in [5.74, 6) is -0.0215. The molecular weight excluding hydrogens is 382 g/mol. The van der Waals surface area contributed by atoms with E-state index in [0.717, 1.165) is 32.0 Å². The molecule has 0 saturated carbocycles. The van der Waals surface area contributed by atoms with Crippen molar-refractivity contribution in [1.29, 1.82) is 0 Å². The van der Waals surface area contributed by atoms with Gasteiger partial charge in [-0.2, -0.15) is 0 Å². The Hall–Kier alpha value is -2.03. The Morgan fingerprint density at radius 3 is 2.71 bits per heavy atom. The average molecular weight is 410 g/mol. The summed E-state index contributed by atoms with van der Waals surface area (Å²) in [6.07, 6.45) is 0. The zero-order chi connectivity index (χ0) is 20.1. The molecule has 2 fully saturated rings. The third kappa shape index (κ3) is 5.27. The van der Waals surface area contributed by atoms with Crippen LogP contribution in [-0.4, -0.2) is 74.9 Å². The first kappa shape index (κ1) is 20.7. The molecule has 3 rings (SSSR count). The van der Waals surface area contributed by atoms with Crippen LogP contribution in [0.5, 0.6) is 0 Å². The first-order valence-corrected chi connectivity index (χ1v) is 9.92. The molecule has 0 bridgehead atoms. The number of ether oxygens (including phenoxy) is 1. The molecule has 28 heavy (non-hydrogen) atoms. The Bertz CT molecular complexity index is 722. The van der Waals surface area contributed by atoms with Crippen LogP contribution in [0.1, 0.15) is 13.8 Å². The largest absolute Gasteiger partial charge is 0.379 e. The molecule has 8 nitrogen and oxygen atoms in total. The maximum atomic E-state index is 12.3. The number of hydrogen-bond donors (Lipinski definition) is 3. The second-order valence-corrected chi connectivity index (χ2v) is 8.06.